The van der Waals surface area contributed by atoms with Gasteiger partial charge in [-0.2, -0.15) is 5.26 Å². The molecule has 126 valence electrons. The highest BCUT2D eigenvalue weighted by atomic mass is 35.5. The Morgan fingerprint density at radius 2 is 2.00 bits per heavy atom. The van der Waals surface area contributed by atoms with Crippen LogP contribution in [0, 0.1) is 23.1 Å². The molecule has 0 bridgehead atoms. The number of halogens is 2. The molecule has 1 aliphatic carbocycles. The summed E-state index contributed by atoms with van der Waals surface area (Å²) in [7, 11) is 0. The van der Waals surface area contributed by atoms with E-state index >= 15 is 0 Å². The molecule has 2 aromatic carbocycles. The highest BCUT2D eigenvalue weighted by molar-refractivity contribution is 6.30. The standard InChI is InChI=1S/C21H18ClFN2/c22-16-6-4-14(5-7-16)13-25-20-9-8-17(23)11-19(20)18-3-1-2-15(12-24)10-21(18)25/h4-9,11,15H,1-3,10,13H2. The van der Waals surface area contributed by atoms with Gasteiger partial charge in [0.25, 0.3) is 0 Å². The van der Waals surface area contributed by atoms with Crippen LogP contribution in [0.5, 0.6) is 0 Å². The molecule has 1 aromatic heterocycles. The van der Waals surface area contributed by atoms with Crippen molar-refractivity contribution in [3.63, 3.8) is 0 Å². The average Bonchev–Trinajstić information content (AvgIpc) is 2.77. The van der Waals surface area contributed by atoms with E-state index in [4.69, 9.17) is 11.6 Å². The quantitative estimate of drug-likeness (QED) is 0.560. The number of nitrogens with zero attached hydrogens (tertiary/aromatic N) is 2. The Kier molecular flexibility index (Phi) is 4.23. The molecule has 0 spiro atoms. The molecule has 0 aliphatic heterocycles. The summed E-state index contributed by atoms with van der Waals surface area (Å²) in [6, 6.07) is 15.3. The van der Waals surface area contributed by atoms with E-state index in [2.05, 4.69) is 10.6 Å². The molecule has 2 nitrogen and oxygen atoms in total. The molecule has 0 radical (unpaired) electrons. The third-order valence-corrected chi connectivity index (χ3v) is 5.36. The summed E-state index contributed by atoms with van der Waals surface area (Å²) in [5, 5.41) is 11.1. The second-order valence-corrected chi connectivity index (χ2v) is 7.16. The van der Waals surface area contributed by atoms with E-state index in [1.54, 1.807) is 6.07 Å². The summed E-state index contributed by atoms with van der Waals surface area (Å²) in [6.45, 7) is 0.701. The van der Waals surface area contributed by atoms with E-state index in [0.717, 1.165) is 42.1 Å². The van der Waals surface area contributed by atoms with Crippen LogP contribution in [0.1, 0.15) is 29.7 Å². The Hall–Kier alpha value is -2.31. The first kappa shape index (κ1) is 16.2. The first-order valence-electron chi connectivity index (χ1n) is 8.59. The number of hydrogen-bond donors (Lipinski definition) is 0. The third kappa shape index (κ3) is 3.03. The summed E-state index contributed by atoms with van der Waals surface area (Å²) in [6.07, 6.45) is 3.52. The number of rotatable bonds is 2. The molecular weight excluding hydrogens is 335 g/mol. The maximum Gasteiger partial charge on any atom is 0.123 e. The molecule has 1 atom stereocenters. The van der Waals surface area contributed by atoms with Gasteiger partial charge in [0.15, 0.2) is 0 Å². The molecule has 1 aliphatic rings. The van der Waals surface area contributed by atoms with Crippen molar-refractivity contribution in [3.8, 4) is 6.07 Å². The summed E-state index contributed by atoms with van der Waals surface area (Å²) < 4.78 is 16.1. The molecule has 0 fully saturated rings. The second kappa shape index (κ2) is 6.54. The van der Waals surface area contributed by atoms with Crippen LogP contribution < -0.4 is 0 Å². The molecule has 1 heterocycles. The Morgan fingerprint density at radius 3 is 2.76 bits per heavy atom. The predicted molar refractivity (Wildman–Crippen MR) is 98.2 cm³/mol. The zero-order valence-electron chi connectivity index (χ0n) is 13.8. The smallest absolute Gasteiger partial charge is 0.123 e. The molecule has 25 heavy (non-hydrogen) atoms. The number of nitriles is 1. The molecule has 0 amide bonds. The van der Waals surface area contributed by atoms with Crippen LogP contribution in [0.15, 0.2) is 42.5 Å². The van der Waals surface area contributed by atoms with Crippen molar-refractivity contribution >= 4 is 22.5 Å². The SMILES string of the molecule is N#CC1CCCc2c(n(Cc3ccc(Cl)cc3)c3ccc(F)cc23)C1. The lowest BCUT2D eigenvalue weighted by Gasteiger charge is -2.13. The Bertz CT molecular complexity index is 966. The van der Waals surface area contributed by atoms with Crippen molar-refractivity contribution in [2.24, 2.45) is 5.92 Å². The fourth-order valence-corrected chi connectivity index (χ4v) is 4.01. The van der Waals surface area contributed by atoms with E-state index in [1.807, 2.05) is 30.3 Å². The summed E-state index contributed by atoms with van der Waals surface area (Å²) in [5.74, 6) is -0.181. The normalized spacial score (nSPS) is 17.1. The molecule has 3 aromatic rings. The van der Waals surface area contributed by atoms with Gasteiger partial charge in [-0.15, -0.1) is 0 Å². The molecule has 4 heteroatoms. The second-order valence-electron chi connectivity index (χ2n) is 6.72. The number of aromatic nitrogens is 1. The first-order chi connectivity index (χ1) is 12.2. The fraction of sp³-hybridized carbons (Fsp3) is 0.286. The maximum atomic E-state index is 13.9. The number of aryl methyl sites for hydroxylation is 1. The van der Waals surface area contributed by atoms with E-state index < -0.39 is 0 Å². The lowest BCUT2D eigenvalue weighted by atomic mass is 10.0. The zero-order chi connectivity index (χ0) is 17.4. The summed E-state index contributed by atoms with van der Waals surface area (Å²) >= 11 is 6.00. The van der Waals surface area contributed by atoms with Crippen molar-refractivity contribution in [3.05, 3.63) is 70.1 Å². The third-order valence-electron chi connectivity index (χ3n) is 5.10. The van der Waals surface area contributed by atoms with Gasteiger partial charge in [-0.3, -0.25) is 0 Å². The van der Waals surface area contributed by atoms with Gasteiger partial charge >= 0.3 is 0 Å². The van der Waals surface area contributed by atoms with Crippen LogP contribution in [-0.2, 0) is 19.4 Å². The van der Waals surface area contributed by atoms with Crippen molar-refractivity contribution in [2.45, 2.75) is 32.2 Å². The minimum Gasteiger partial charge on any atom is -0.340 e. The highest BCUT2D eigenvalue weighted by Crippen LogP contribution is 2.34. The number of fused-ring (bicyclic) bond motifs is 3. The number of hydrogen-bond acceptors (Lipinski definition) is 1. The summed E-state index contributed by atoms with van der Waals surface area (Å²) in [4.78, 5) is 0. The largest absolute Gasteiger partial charge is 0.340 e. The summed E-state index contributed by atoms with van der Waals surface area (Å²) in [5.41, 5.74) is 4.58. The lowest BCUT2D eigenvalue weighted by molar-refractivity contribution is 0.577. The predicted octanol–water partition coefficient (Wildman–Crippen LogP) is 5.50. The molecule has 0 saturated carbocycles. The van der Waals surface area contributed by atoms with Gasteiger partial charge in [-0.1, -0.05) is 23.7 Å². The molecule has 0 N–H and O–H groups in total. The van der Waals surface area contributed by atoms with Crippen LogP contribution >= 0.6 is 11.6 Å². The molecule has 1 unspecified atom stereocenters. The van der Waals surface area contributed by atoms with Crippen molar-refractivity contribution in [1.82, 2.24) is 4.57 Å². The highest BCUT2D eigenvalue weighted by Gasteiger charge is 2.24. The Balaban J connectivity index is 1.88. The van der Waals surface area contributed by atoms with Crippen LogP contribution in [0.2, 0.25) is 5.02 Å². The van der Waals surface area contributed by atoms with E-state index in [9.17, 15) is 9.65 Å². The number of benzene rings is 2. The van der Waals surface area contributed by atoms with E-state index in [0.29, 0.717) is 11.6 Å². The minimum atomic E-state index is -0.208. The minimum absolute atomic E-state index is 0.0272. The molecule has 0 saturated heterocycles. The van der Waals surface area contributed by atoms with Crippen LogP contribution in [0.3, 0.4) is 0 Å². The topological polar surface area (TPSA) is 28.7 Å². The van der Waals surface area contributed by atoms with Gasteiger partial charge < -0.3 is 4.57 Å². The van der Waals surface area contributed by atoms with Crippen molar-refractivity contribution in [1.29, 1.82) is 5.26 Å². The van der Waals surface area contributed by atoms with Crippen LogP contribution in [-0.4, -0.2) is 4.57 Å². The molecule has 4 rings (SSSR count). The van der Waals surface area contributed by atoms with E-state index in [1.165, 1.54) is 17.3 Å². The molecular formula is C21H18ClFN2. The lowest BCUT2D eigenvalue weighted by Crippen LogP contribution is -2.09. The van der Waals surface area contributed by atoms with Crippen LogP contribution in [0.25, 0.3) is 10.9 Å². The van der Waals surface area contributed by atoms with Gasteiger partial charge in [-0.05, 0) is 60.7 Å². The van der Waals surface area contributed by atoms with Gasteiger partial charge in [0.05, 0.1) is 12.0 Å². The van der Waals surface area contributed by atoms with Gasteiger partial charge in [0, 0.05) is 34.6 Å². The Morgan fingerprint density at radius 1 is 1.20 bits per heavy atom. The average molecular weight is 353 g/mol. The van der Waals surface area contributed by atoms with Crippen LogP contribution in [0.4, 0.5) is 4.39 Å². The first-order valence-corrected chi connectivity index (χ1v) is 8.97. The Labute approximate surface area is 151 Å². The van der Waals surface area contributed by atoms with Crippen molar-refractivity contribution < 1.29 is 4.39 Å². The van der Waals surface area contributed by atoms with E-state index in [-0.39, 0.29) is 11.7 Å². The zero-order valence-corrected chi connectivity index (χ0v) is 14.6. The van der Waals surface area contributed by atoms with Gasteiger partial charge in [0.1, 0.15) is 5.82 Å². The van der Waals surface area contributed by atoms with Gasteiger partial charge in [0.2, 0.25) is 0 Å². The fourth-order valence-electron chi connectivity index (χ4n) is 3.89. The monoisotopic (exact) mass is 352 g/mol. The maximum absolute atomic E-state index is 13.9. The van der Waals surface area contributed by atoms with Crippen molar-refractivity contribution in [2.75, 3.05) is 0 Å². The van der Waals surface area contributed by atoms with Gasteiger partial charge in [-0.25, -0.2) is 4.39 Å².